The topological polar surface area (TPSA) is 53.1 Å². The molecule has 1 heterocycles. The van der Waals surface area contributed by atoms with Crippen LogP contribution in [0.2, 0.25) is 5.02 Å². The number of hydrogen-bond donors (Lipinski definition) is 2. The maximum Gasteiger partial charge on any atom is 0.126 e. The van der Waals surface area contributed by atoms with Gasteiger partial charge < -0.3 is 10.6 Å². The van der Waals surface area contributed by atoms with Gasteiger partial charge in [0.05, 0.1) is 17.1 Å². The summed E-state index contributed by atoms with van der Waals surface area (Å²) >= 11 is 7.88. The van der Waals surface area contributed by atoms with E-state index in [1.165, 1.54) is 4.88 Å². The van der Waals surface area contributed by atoms with Gasteiger partial charge >= 0.3 is 0 Å². The number of nitrogens with one attached hydrogen (secondary N) is 1. The van der Waals surface area contributed by atoms with E-state index in [9.17, 15) is 0 Å². The van der Waals surface area contributed by atoms with E-state index in [2.05, 4.69) is 23.3 Å². The third kappa shape index (κ3) is 3.08. The third-order valence-electron chi connectivity index (χ3n) is 2.91. The number of thiophene rings is 1. The molecule has 1 aromatic heterocycles. The fourth-order valence-electron chi connectivity index (χ4n) is 2.00. The first-order chi connectivity index (χ1) is 9.13. The monoisotopic (exact) mass is 293 g/mol. The van der Waals surface area contributed by atoms with E-state index in [0.29, 0.717) is 10.6 Å². The normalized spacial score (nSPS) is 10.4. The van der Waals surface area contributed by atoms with Gasteiger partial charge in [0, 0.05) is 17.1 Å². The molecule has 5 heteroatoms. The van der Waals surface area contributed by atoms with E-state index in [1.54, 1.807) is 17.4 Å². The standard InChI is InChI=1S/C14H16ClN3S/c1-2-18(9-10-5-4-8-19-10)12-7-3-6-11(15)13(12)14(16)17/h3-8H,2,9H2,1H3,(H3,16,17). The lowest BCUT2D eigenvalue weighted by Crippen LogP contribution is -2.25. The van der Waals surface area contributed by atoms with Gasteiger partial charge in [-0.25, -0.2) is 0 Å². The van der Waals surface area contributed by atoms with E-state index in [0.717, 1.165) is 18.8 Å². The number of hydrogen-bond acceptors (Lipinski definition) is 3. The molecule has 0 atom stereocenters. The van der Waals surface area contributed by atoms with Crippen LogP contribution in [-0.4, -0.2) is 12.4 Å². The number of amidine groups is 1. The molecule has 0 bridgehead atoms. The molecule has 0 unspecified atom stereocenters. The van der Waals surface area contributed by atoms with Crippen LogP contribution in [0.1, 0.15) is 17.4 Å². The molecule has 0 spiro atoms. The largest absolute Gasteiger partial charge is 0.384 e. The van der Waals surface area contributed by atoms with Crippen molar-refractivity contribution in [2.45, 2.75) is 13.5 Å². The fourth-order valence-corrected chi connectivity index (χ4v) is 2.99. The minimum Gasteiger partial charge on any atom is -0.384 e. The Hall–Kier alpha value is -1.52. The highest BCUT2D eigenvalue weighted by Gasteiger charge is 2.15. The zero-order valence-electron chi connectivity index (χ0n) is 10.7. The number of anilines is 1. The summed E-state index contributed by atoms with van der Waals surface area (Å²) in [7, 11) is 0. The maximum absolute atomic E-state index is 7.70. The molecule has 0 fully saturated rings. The molecule has 0 aliphatic carbocycles. The highest BCUT2D eigenvalue weighted by atomic mass is 35.5. The van der Waals surface area contributed by atoms with Gasteiger partial charge in [-0.3, -0.25) is 5.41 Å². The Kier molecular flexibility index (Phi) is 4.45. The van der Waals surface area contributed by atoms with Gasteiger partial charge in [-0.1, -0.05) is 23.7 Å². The van der Waals surface area contributed by atoms with Crippen molar-refractivity contribution < 1.29 is 0 Å². The molecule has 100 valence electrons. The van der Waals surface area contributed by atoms with Crippen LogP contribution in [0.3, 0.4) is 0 Å². The molecular formula is C14H16ClN3S. The van der Waals surface area contributed by atoms with E-state index >= 15 is 0 Å². The van der Waals surface area contributed by atoms with Gasteiger partial charge in [0.15, 0.2) is 0 Å². The lowest BCUT2D eigenvalue weighted by molar-refractivity contribution is 0.841. The third-order valence-corrected chi connectivity index (χ3v) is 4.09. The summed E-state index contributed by atoms with van der Waals surface area (Å²) in [5, 5.41) is 10.3. The predicted molar refractivity (Wildman–Crippen MR) is 83.5 cm³/mol. The van der Waals surface area contributed by atoms with Crippen LogP contribution in [0.4, 0.5) is 5.69 Å². The van der Waals surface area contributed by atoms with Crippen molar-refractivity contribution >= 4 is 34.5 Å². The van der Waals surface area contributed by atoms with Crippen molar-refractivity contribution in [1.29, 1.82) is 5.41 Å². The first-order valence-electron chi connectivity index (χ1n) is 6.03. The molecule has 0 aliphatic heterocycles. The summed E-state index contributed by atoms with van der Waals surface area (Å²) in [5.41, 5.74) is 7.18. The van der Waals surface area contributed by atoms with Gasteiger partial charge in [-0.15, -0.1) is 11.3 Å². The SMILES string of the molecule is CCN(Cc1cccs1)c1cccc(Cl)c1C(=N)N. The molecular weight excluding hydrogens is 278 g/mol. The van der Waals surface area contributed by atoms with Crippen molar-refractivity contribution in [1.82, 2.24) is 0 Å². The van der Waals surface area contributed by atoms with Crippen molar-refractivity contribution in [3.63, 3.8) is 0 Å². The quantitative estimate of drug-likeness (QED) is 0.652. The zero-order valence-corrected chi connectivity index (χ0v) is 12.3. The van der Waals surface area contributed by atoms with Gasteiger partial charge in [0.25, 0.3) is 0 Å². The van der Waals surface area contributed by atoms with Crippen molar-refractivity contribution in [3.05, 3.63) is 51.2 Å². The predicted octanol–water partition coefficient (Wildman–Crippen LogP) is 3.71. The molecule has 0 saturated carbocycles. The lowest BCUT2D eigenvalue weighted by atomic mass is 10.1. The molecule has 0 amide bonds. The van der Waals surface area contributed by atoms with Crippen LogP contribution in [0.25, 0.3) is 0 Å². The fraction of sp³-hybridized carbons (Fsp3) is 0.214. The Morgan fingerprint density at radius 3 is 2.74 bits per heavy atom. The lowest BCUT2D eigenvalue weighted by Gasteiger charge is -2.25. The Balaban J connectivity index is 2.38. The number of halogens is 1. The maximum atomic E-state index is 7.70. The van der Waals surface area contributed by atoms with Crippen molar-refractivity contribution in [2.24, 2.45) is 5.73 Å². The number of nitrogens with zero attached hydrogens (tertiary/aromatic N) is 1. The van der Waals surface area contributed by atoms with Crippen LogP contribution in [-0.2, 0) is 6.54 Å². The molecule has 3 nitrogen and oxygen atoms in total. The highest BCUT2D eigenvalue weighted by molar-refractivity contribution is 7.09. The van der Waals surface area contributed by atoms with E-state index in [1.807, 2.05) is 18.2 Å². The second kappa shape index (κ2) is 6.08. The molecule has 0 aliphatic rings. The summed E-state index contributed by atoms with van der Waals surface area (Å²) in [5.74, 6) is 0.00484. The molecule has 0 radical (unpaired) electrons. The molecule has 1 aromatic carbocycles. The summed E-state index contributed by atoms with van der Waals surface area (Å²) in [6, 6.07) is 9.75. The summed E-state index contributed by atoms with van der Waals surface area (Å²) in [6.45, 7) is 3.71. The first-order valence-corrected chi connectivity index (χ1v) is 7.29. The minimum absolute atomic E-state index is 0.00484. The van der Waals surface area contributed by atoms with Crippen LogP contribution >= 0.6 is 22.9 Å². The summed E-state index contributed by atoms with van der Waals surface area (Å²) in [6.07, 6.45) is 0. The van der Waals surface area contributed by atoms with E-state index in [-0.39, 0.29) is 5.84 Å². The van der Waals surface area contributed by atoms with Gasteiger partial charge in [0.1, 0.15) is 5.84 Å². The molecule has 3 N–H and O–H groups in total. The summed E-state index contributed by atoms with van der Waals surface area (Å²) in [4.78, 5) is 3.45. The van der Waals surface area contributed by atoms with Gasteiger partial charge in [-0.2, -0.15) is 0 Å². The van der Waals surface area contributed by atoms with E-state index in [4.69, 9.17) is 22.7 Å². The number of benzene rings is 1. The van der Waals surface area contributed by atoms with Crippen LogP contribution in [0.15, 0.2) is 35.7 Å². The Bertz CT molecular complexity index is 566. The number of nitrogens with two attached hydrogens (primary N) is 1. The Labute approximate surface area is 122 Å². The van der Waals surface area contributed by atoms with Crippen LogP contribution < -0.4 is 10.6 Å². The van der Waals surface area contributed by atoms with Gasteiger partial charge in [-0.05, 0) is 30.5 Å². The summed E-state index contributed by atoms with van der Waals surface area (Å²) < 4.78 is 0. The van der Waals surface area contributed by atoms with Crippen LogP contribution in [0, 0.1) is 5.41 Å². The number of nitrogen functional groups attached to an aromatic ring is 1. The second-order valence-electron chi connectivity index (χ2n) is 4.14. The molecule has 2 aromatic rings. The zero-order chi connectivity index (χ0) is 13.8. The molecule has 0 saturated heterocycles. The minimum atomic E-state index is 0.00484. The average Bonchev–Trinajstić information content (AvgIpc) is 2.88. The van der Waals surface area contributed by atoms with E-state index < -0.39 is 0 Å². The average molecular weight is 294 g/mol. The van der Waals surface area contributed by atoms with Crippen LogP contribution in [0.5, 0.6) is 0 Å². The Morgan fingerprint density at radius 2 is 2.16 bits per heavy atom. The Morgan fingerprint density at radius 1 is 1.37 bits per heavy atom. The van der Waals surface area contributed by atoms with Crippen molar-refractivity contribution in [2.75, 3.05) is 11.4 Å². The smallest absolute Gasteiger partial charge is 0.126 e. The molecule has 2 rings (SSSR count). The van der Waals surface area contributed by atoms with Crippen molar-refractivity contribution in [3.8, 4) is 0 Å². The first kappa shape index (κ1) is 13.9. The second-order valence-corrected chi connectivity index (χ2v) is 5.58. The highest BCUT2D eigenvalue weighted by Crippen LogP contribution is 2.28. The van der Waals surface area contributed by atoms with Gasteiger partial charge in [0.2, 0.25) is 0 Å². The number of rotatable bonds is 5. The molecule has 19 heavy (non-hydrogen) atoms.